The molecule has 2 saturated heterocycles. The van der Waals surface area contributed by atoms with Crippen LogP contribution in [0.5, 0.6) is 0 Å². The maximum Gasteiger partial charge on any atom is 0.255 e. The van der Waals surface area contributed by atoms with Crippen molar-refractivity contribution in [2.24, 2.45) is 5.92 Å². The number of amides is 1. The fourth-order valence-electron chi connectivity index (χ4n) is 4.46. The third-order valence-electron chi connectivity index (χ3n) is 6.22. The Hall–Kier alpha value is -2.05. The van der Waals surface area contributed by atoms with Gasteiger partial charge in [-0.1, -0.05) is 0 Å². The van der Waals surface area contributed by atoms with Crippen molar-refractivity contribution in [2.75, 3.05) is 45.9 Å². The Labute approximate surface area is 167 Å². The molecule has 2 aliphatic rings. The summed E-state index contributed by atoms with van der Waals surface area (Å²) in [5, 5.41) is 0. The first-order valence-corrected chi connectivity index (χ1v) is 10.4. The lowest BCUT2D eigenvalue weighted by atomic mass is 9.95. The van der Waals surface area contributed by atoms with Crippen molar-refractivity contribution in [1.29, 1.82) is 0 Å². The molecule has 2 aromatic rings. The van der Waals surface area contributed by atoms with Gasteiger partial charge < -0.3 is 18.6 Å². The van der Waals surface area contributed by atoms with E-state index in [9.17, 15) is 4.79 Å². The zero-order chi connectivity index (χ0) is 19.5. The van der Waals surface area contributed by atoms with E-state index in [1.165, 1.54) is 0 Å². The van der Waals surface area contributed by atoms with Crippen LogP contribution in [0.3, 0.4) is 0 Å². The minimum absolute atomic E-state index is 0.170. The summed E-state index contributed by atoms with van der Waals surface area (Å²) < 4.78 is 13.1. The topological polar surface area (TPSA) is 50.9 Å². The summed E-state index contributed by atoms with van der Waals surface area (Å²) in [6.07, 6.45) is 3.87. The largest absolute Gasteiger partial charge is 0.467 e. The van der Waals surface area contributed by atoms with Crippen LogP contribution in [0.4, 0.5) is 0 Å². The Morgan fingerprint density at radius 3 is 2.57 bits per heavy atom. The van der Waals surface area contributed by atoms with Crippen molar-refractivity contribution in [1.82, 2.24) is 14.4 Å². The van der Waals surface area contributed by atoms with Gasteiger partial charge in [-0.25, -0.2) is 0 Å². The van der Waals surface area contributed by atoms with Gasteiger partial charge in [0.1, 0.15) is 5.76 Å². The van der Waals surface area contributed by atoms with Crippen LogP contribution < -0.4 is 0 Å². The summed E-state index contributed by atoms with van der Waals surface area (Å²) in [6, 6.07) is 5.90. The molecular weight excluding hydrogens is 354 g/mol. The second kappa shape index (κ2) is 8.53. The standard InChI is InChI=1S/C22H31N3O3/c1-17-14-21(18(2)25(17)16-20-4-3-11-28-20)22(26)24-7-5-19(6-8-24)15-23-9-12-27-13-10-23/h3-4,11,14,19H,5-10,12-13,15-16H2,1-2H3. The summed E-state index contributed by atoms with van der Waals surface area (Å²) >= 11 is 0. The quantitative estimate of drug-likeness (QED) is 0.794. The maximum absolute atomic E-state index is 13.1. The number of hydrogen-bond acceptors (Lipinski definition) is 4. The van der Waals surface area contributed by atoms with Gasteiger partial charge in [0.25, 0.3) is 5.91 Å². The molecule has 0 spiro atoms. The van der Waals surface area contributed by atoms with Crippen LogP contribution in [0.25, 0.3) is 0 Å². The summed E-state index contributed by atoms with van der Waals surface area (Å²) in [6.45, 7) is 11.4. The summed E-state index contributed by atoms with van der Waals surface area (Å²) in [4.78, 5) is 17.7. The van der Waals surface area contributed by atoms with E-state index >= 15 is 0 Å². The van der Waals surface area contributed by atoms with Crippen molar-refractivity contribution in [3.8, 4) is 0 Å². The molecule has 0 aromatic carbocycles. The summed E-state index contributed by atoms with van der Waals surface area (Å²) in [5.41, 5.74) is 2.95. The van der Waals surface area contributed by atoms with Gasteiger partial charge in [-0.05, 0) is 50.8 Å². The molecule has 28 heavy (non-hydrogen) atoms. The molecule has 152 valence electrons. The summed E-state index contributed by atoms with van der Waals surface area (Å²) in [5.74, 6) is 1.77. The highest BCUT2D eigenvalue weighted by Crippen LogP contribution is 2.24. The molecule has 0 radical (unpaired) electrons. The summed E-state index contributed by atoms with van der Waals surface area (Å²) in [7, 11) is 0. The molecule has 4 heterocycles. The maximum atomic E-state index is 13.1. The number of rotatable bonds is 5. The van der Waals surface area contributed by atoms with Crippen LogP contribution in [0.15, 0.2) is 28.9 Å². The molecule has 1 amide bonds. The van der Waals surface area contributed by atoms with E-state index in [0.29, 0.717) is 12.5 Å². The number of likely N-dealkylation sites (tertiary alicyclic amines) is 1. The first-order chi connectivity index (χ1) is 13.6. The van der Waals surface area contributed by atoms with Gasteiger partial charge in [-0.3, -0.25) is 9.69 Å². The Morgan fingerprint density at radius 2 is 1.89 bits per heavy atom. The number of furan rings is 1. The zero-order valence-corrected chi connectivity index (χ0v) is 17.0. The highest BCUT2D eigenvalue weighted by molar-refractivity contribution is 5.95. The van der Waals surface area contributed by atoms with E-state index in [1.807, 2.05) is 30.0 Å². The first-order valence-electron chi connectivity index (χ1n) is 10.4. The van der Waals surface area contributed by atoms with Crippen LogP contribution >= 0.6 is 0 Å². The minimum Gasteiger partial charge on any atom is -0.467 e. The normalized spacial score (nSPS) is 19.3. The van der Waals surface area contributed by atoms with E-state index in [-0.39, 0.29) is 5.91 Å². The molecule has 2 fully saturated rings. The van der Waals surface area contributed by atoms with Gasteiger partial charge in [-0.15, -0.1) is 0 Å². The lowest BCUT2D eigenvalue weighted by Gasteiger charge is -2.36. The first kappa shape index (κ1) is 19.3. The molecular formula is C22H31N3O3. The van der Waals surface area contributed by atoms with Crippen LogP contribution in [-0.4, -0.2) is 66.2 Å². The van der Waals surface area contributed by atoms with Crippen molar-refractivity contribution >= 4 is 5.91 Å². The number of nitrogens with zero attached hydrogens (tertiary/aromatic N) is 3. The molecule has 0 aliphatic carbocycles. The predicted octanol–water partition coefficient (Wildman–Crippen LogP) is 2.93. The second-order valence-corrected chi connectivity index (χ2v) is 8.10. The Kier molecular flexibility index (Phi) is 5.87. The van der Waals surface area contributed by atoms with Crippen molar-refractivity contribution in [3.05, 3.63) is 47.2 Å². The molecule has 0 N–H and O–H groups in total. The number of ether oxygens (including phenoxy) is 1. The Bertz CT molecular complexity index is 782. The average Bonchev–Trinajstić information content (AvgIpc) is 3.33. The third kappa shape index (κ3) is 4.18. The molecule has 0 bridgehead atoms. The van der Waals surface area contributed by atoms with E-state index in [2.05, 4.69) is 16.4 Å². The van der Waals surface area contributed by atoms with Gasteiger partial charge in [0.2, 0.25) is 0 Å². The Balaban J connectivity index is 1.36. The molecule has 2 aromatic heterocycles. The molecule has 6 nitrogen and oxygen atoms in total. The third-order valence-corrected chi connectivity index (χ3v) is 6.22. The SMILES string of the molecule is Cc1cc(C(=O)N2CCC(CN3CCOCC3)CC2)c(C)n1Cc1ccco1. The predicted molar refractivity (Wildman–Crippen MR) is 108 cm³/mol. The average molecular weight is 386 g/mol. The van der Waals surface area contributed by atoms with Crippen molar-refractivity contribution in [3.63, 3.8) is 0 Å². The number of morpholine rings is 1. The monoisotopic (exact) mass is 385 g/mol. The molecule has 2 aliphatic heterocycles. The van der Waals surface area contributed by atoms with Gasteiger partial charge in [0, 0.05) is 44.1 Å². The van der Waals surface area contributed by atoms with E-state index < -0.39 is 0 Å². The number of aryl methyl sites for hydroxylation is 1. The number of carbonyl (C=O) groups is 1. The van der Waals surface area contributed by atoms with E-state index in [1.54, 1.807) is 6.26 Å². The van der Waals surface area contributed by atoms with Crippen LogP contribution in [0, 0.1) is 19.8 Å². The molecule has 4 rings (SSSR count). The minimum atomic E-state index is 0.170. The highest BCUT2D eigenvalue weighted by Gasteiger charge is 2.27. The fourth-order valence-corrected chi connectivity index (χ4v) is 4.46. The van der Waals surface area contributed by atoms with Crippen LogP contribution in [0.2, 0.25) is 0 Å². The number of aromatic nitrogens is 1. The van der Waals surface area contributed by atoms with Gasteiger partial charge in [0.05, 0.1) is 31.6 Å². The smallest absolute Gasteiger partial charge is 0.255 e. The lowest BCUT2D eigenvalue weighted by molar-refractivity contribution is 0.0243. The molecule has 0 saturated carbocycles. The Morgan fingerprint density at radius 1 is 1.14 bits per heavy atom. The highest BCUT2D eigenvalue weighted by atomic mass is 16.5. The van der Waals surface area contributed by atoms with Crippen LogP contribution in [-0.2, 0) is 11.3 Å². The number of carbonyl (C=O) groups excluding carboxylic acids is 1. The molecule has 0 atom stereocenters. The molecule has 0 unspecified atom stereocenters. The van der Waals surface area contributed by atoms with Gasteiger partial charge >= 0.3 is 0 Å². The zero-order valence-electron chi connectivity index (χ0n) is 17.0. The number of piperidine rings is 1. The van der Waals surface area contributed by atoms with E-state index in [0.717, 1.165) is 81.5 Å². The van der Waals surface area contributed by atoms with Crippen molar-refractivity contribution < 1.29 is 13.9 Å². The van der Waals surface area contributed by atoms with E-state index in [4.69, 9.17) is 9.15 Å². The molecule has 6 heteroatoms. The van der Waals surface area contributed by atoms with Gasteiger partial charge in [-0.2, -0.15) is 0 Å². The van der Waals surface area contributed by atoms with Crippen LogP contribution in [0.1, 0.15) is 40.3 Å². The number of hydrogen-bond donors (Lipinski definition) is 0. The second-order valence-electron chi connectivity index (χ2n) is 8.10. The van der Waals surface area contributed by atoms with Crippen molar-refractivity contribution in [2.45, 2.75) is 33.2 Å². The van der Waals surface area contributed by atoms with Gasteiger partial charge in [0.15, 0.2) is 0 Å². The fraction of sp³-hybridized carbons (Fsp3) is 0.591. The lowest BCUT2D eigenvalue weighted by Crippen LogP contribution is -2.44.